The molecule has 1 aliphatic carbocycles. The van der Waals surface area contributed by atoms with Crippen molar-refractivity contribution in [3.63, 3.8) is 0 Å². The third-order valence-electron chi connectivity index (χ3n) is 5.91. The van der Waals surface area contributed by atoms with Crippen LogP contribution >= 0.6 is 11.3 Å². The Morgan fingerprint density at radius 2 is 2.09 bits per heavy atom. The van der Waals surface area contributed by atoms with Crippen LogP contribution < -0.4 is 21.9 Å². The molecule has 4 atom stereocenters. The molecule has 7 N–H and O–H groups in total. The van der Waals surface area contributed by atoms with E-state index in [0.717, 1.165) is 11.3 Å². The van der Waals surface area contributed by atoms with Crippen molar-refractivity contribution in [2.45, 2.75) is 31.7 Å². The number of nitrogens with zero attached hydrogens (tertiary/aromatic N) is 1. The number of carboxylic acids is 2. The molecule has 2 aromatic rings. The second kappa shape index (κ2) is 8.61. The van der Waals surface area contributed by atoms with Crippen molar-refractivity contribution >= 4 is 40.9 Å². The number of nitrogen functional groups attached to an aromatic ring is 1. The average molecular weight is 462 g/mol. The third kappa shape index (κ3) is 4.59. The smallest absolute Gasteiger partial charge is 0.326 e. The van der Waals surface area contributed by atoms with Crippen LogP contribution in [0.15, 0.2) is 16.9 Å². The van der Waals surface area contributed by atoms with Crippen LogP contribution in [0.3, 0.4) is 0 Å². The fourth-order valence-electron chi connectivity index (χ4n) is 4.07. The highest BCUT2D eigenvalue weighted by Gasteiger charge is 2.51. The lowest BCUT2D eigenvalue weighted by atomic mass is 9.92. The number of aromatic nitrogens is 2. The van der Waals surface area contributed by atoms with Gasteiger partial charge >= 0.3 is 11.9 Å². The maximum absolute atomic E-state index is 12.5. The number of fused-ring (bicyclic) bond motifs is 1. The highest BCUT2D eigenvalue weighted by Crippen LogP contribution is 2.41. The SMILES string of the molecule is Nc1nc2c(c(=O)[nH]1)CC(CCc1ccc(C(=O)NC(C(=O)O)[C@@H]3C[C@H]3C(=O)O)s1)CN2. The van der Waals surface area contributed by atoms with Gasteiger partial charge in [0.05, 0.1) is 16.4 Å². The molecule has 0 bridgehead atoms. The number of carboxylic acid groups (broad SMARTS) is 2. The van der Waals surface area contributed by atoms with Crippen LogP contribution in [0.4, 0.5) is 11.8 Å². The molecule has 3 heterocycles. The number of H-pyrrole nitrogens is 1. The van der Waals surface area contributed by atoms with Gasteiger partial charge in [0.1, 0.15) is 11.9 Å². The first-order valence-corrected chi connectivity index (χ1v) is 11.0. The Bertz CT molecular complexity index is 1130. The average Bonchev–Trinajstić information content (AvgIpc) is 3.39. The fraction of sp³-hybridized carbons (Fsp3) is 0.450. The Hall–Kier alpha value is -3.41. The normalized spacial score (nSPS) is 22.3. The highest BCUT2D eigenvalue weighted by molar-refractivity contribution is 7.14. The van der Waals surface area contributed by atoms with Crippen LogP contribution in [0.2, 0.25) is 0 Å². The molecular weight excluding hydrogens is 438 g/mol. The van der Waals surface area contributed by atoms with E-state index in [-0.39, 0.29) is 23.8 Å². The molecule has 4 rings (SSSR count). The maximum Gasteiger partial charge on any atom is 0.326 e. The van der Waals surface area contributed by atoms with E-state index < -0.39 is 35.7 Å². The van der Waals surface area contributed by atoms with Crippen molar-refractivity contribution in [3.8, 4) is 0 Å². The third-order valence-corrected chi connectivity index (χ3v) is 7.05. The number of anilines is 2. The van der Waals surface area contributed by atoms with Gasteiger partial charge in [0, 0.05) is 17.3 Å². The topological polar surface area (TPSA) is 187 Å². The van der Waals surface area contributed by atoms with E-state index in [2.05, 4.69) is 20.6 Å². The molecule has 2 aliphatic rings. The summed E-state index contributed by atoms with van der Waals surface area (Å²) >= 11 is 1.27. The predicted octanol–water partition coefficient (Wildman–Crippen LogP) is 0.534. The van der Waals surface area contributed by atoms with Crippen molar-refractivity contribution in [2.75, 3.05) is 17.6 Å². The summed E-state index contributed by atoms with van der Waals surface area (Å²) in [5.74, 6) is -3.32. The van der Waals surface area contributed by atoms with E-state index in [4.69, 9.17) is 10.8 Å². The first-order chi connectivity index (χ1) is 15.2. The molecule has 0 saturated heterocycles. The van der Waals surface area contributed by atoms with Gasteiger partial charge < -0.3 is 26.6 Å². The van der Waals surface area contributed by atoms with Crippen molar-refractivity contribution in [1.82, 2.24) is 15.3 Å². The summed E-state index contributed by atoms with van der Waals surface area (Å²) in [6.07, 6.45) is 2.31. The summed E-state index contributed by atoms with van der Waals surface area (Å²) in [7, 11) is 0. The number of thiophene rings is 1. The van der Waals surface area contributed by atoms with Gasteiger partial charge in [-0.25, -0.2) is 4.79 Å². The number of hydrogen-bond acceptors (Lipinski definition) is 8. The number of carbonyl (C=O) groups is 3. The lowest BCUT2D eigenvalue weighted by Gasteiger charge is -2.24. The second-order valence-electron chi connectivity index (χ2n) is 8.17. The van der Waals surface area contributed by atoms with Crippen molar-refractivity contribution in [3.05, 3.63) is 37.8 Å². The molecule has 0 spiro atoms. The van der Waals surface area contributed by atoms with Crippen molar-refractivity contribution in [1.29, 1.82) is 0 Å². The van der Waals surface area contributed by atoms with Gasteiger partial charge in [-0.15, -0.1) is 11.3 Å². The Labute approximate surface area is 186 Å². The Morgan fingerprint density at radius 3 is 2.78 bits per heavy atom. The number of aliphatic carboxylic acids is 2. The minimum absolute atomic E-state index is 0.0781. The van der Waals surface area contributed by atoms with Gasteiger partial charge in [-0.2, -0.15) is 4.98 Å². The van der Waals surface area contributed by atoms with Crippen LogP contribution in [-0.2, 0) is 22.4 Å². The van der Waals surface area contributed by atoms with E-state index in [0.29, 0.717) is 35.6 Å². The molecule has 170 valence electrons. The number of aryl methyl sites for hydroxylation is 1. The van der Waals surface area contributed by atoms with E-state index in [1.807, 2.05) is 6.07 Å². The molecule has 1 fully saturated rings. The zero-order chi connectivity index (χ0) is 23.0. The molecule has 2 unspecified atom stereocenters. The minimum Gasteiger partial charge on any atom is -0.481 e. The molecular formula is C20H23N5O6S. The predicted molar refractivity (Wildman–Crippen MR) is 116 cm³/mol. The quantitative estimate of drug-likeness (QED) is 0.326. The number of nitrogens with two attached hydrogens (primary N) is 1. The van der Waals surface area contributed by atoms with Crippen LogP contribution in [0.25, 0.3) is 0 Å². The molecule has 1 amide bonds. The van der Waals surface area contributed by atoms with Gasteiger partial charge in [-0.1, -0.05) is 0 Å². The number of nitrogens with one attached hydrogen (secondary N) is 3. The molecule has 1 aliphatic heterocycles. The lowest BCUT2D eigenvalue weighted by Crippen LogP contribution is -2.43. The van der Waals surface area contributed by atoms with Crippen LogP contribution in [0, 0.1) is 17.8 Å². The van der Waals surface area contributed by atoms with Crippen LogP contribution in [0.1, 0.15) is 33.0 Å². The van der Waals surface area contributed by atoms with Crippen LogP contribution in [-0.4, -0.2) is 50.6 Å². The van der Waals surface area contributed by atoms with Crippen molar-refractivity contribution in [2.24, 2.45) is 17.8 Å². The lowest BCUT2D eigenvalue weighted by molar-refractivity contribution is -0.141. The summed E-state index contributed by atoms with van der Waals surface area (Å²) in [6, 6.07) is 2.25. The molecule has 2 aromatic heterocycles. The first kappa shape index (κ1) is 21.8. The highest BCUT2D eigenvalue weighted by atomic mass is 32.1. The van der Waals surface area contributed by atoms with E-state index in [1.165, 1.54) is 11.3 Å². The second-order valence-corrected chi connectivity index (χ2v) is 9.34. The summed E-state index contributed by atoms with van der Waals surface area (Å²) in [5, 5.41) is 24.0. The fourth-order valence-corrected chi connectivity index (χ4v) is 4.99. The number of amides is 1. The first-order valence-electron chi connectivity index (χ1n) is 10.2. The number of carbonyl (C=O) groups excluding carboxylic acids is 1. The van der Waals surface area contributed by atoms with Crippen LogP contribution in [0.5, 0.6) is 0 Å². The summed E-state index contributed by atoms with van der Waals surface area (Å²) in [5.41, 5.74) is 5.91. The molecule has 0 aromatic carbocycles. The van der Waals surface area contributed by atoms with Gasteiger partial charge in [0.2, 0.25) is 5.95 Å². The Balaban J connectivity index is 1.33. The van der Waals surface area contributed by atoms with Crippen molar-refractivity contribution < 1.29 is 24.6 Å². The van der Waals surface area contributed by atoms with Gasteiger partial charge in [-0.05, 0) is 43.7 Å². The van der Waals surface area contributed by atoms with Gasteiger partial charge in [0.15, 0.2) is 0 Å². The molecule has 1 saturated carbocycles. The summed E-state index contributed by atoms with van der Waals surface area (Å²) < 4.78 is 0. The Morgan fingerprint density at radius 1 is 1.31 bits per heavy atom. The standard InChI is InChI=1S/C20H23N5O6S/c21-20-24-15-12(16(26)25-20)5-8(7-22-15)1-2-9-3-4-13(32-9)17(27)23-14(19(30)31)10-6-11(10)18(28)29/h3-4,8,10-11,14H,1-2,5-7H2,(H,23,27)(H,28,29)(H,30,31)(H4,21,22,24,25,26)/t8?,10-,11-,14?/m1/s1. The largest absolute Gasteiger partial charge is 0.481 e. The molecule has 12 heteroatoms. The molecule has 11 nitrogen and oxygen atoms in total. The van der Waals surface area contributed by atoms with E-state index in [9.17, 15) is 24.3 Å². The number of aromatic amines is 1. The molecule has 0 radical (unpaired) electrons. The monoisotopic (exact) mass is 461 g/mol. The Kier molecular flexibility index (Phi) is 5.87. The summed E-state index contributed by atoms with van der Waals surface area (Å²) in [6.45, 7) is 0.661. The number of hydrogen-bond donors (Lipinski definition) is 6. The van der Waals surface area contributed by atoms with E-state index in [1.54, 1.807) is 6.07 Å². The van der Waals surface area contributed by atoms with E-state index >= 15 is 0 Å². The van der Waals surface area contributed by atoms with Gasteiger partial charge in [0.25, 0.3) is 11.5 Å². The number of rotatable bonds is 8. The zero-order valence-electron chi connectivity index (χ0n) is 17.0. The van der Waals surface area contributed by atoms with Gasteiger partial charge in [-0.3, -0.25) is 19.4 Å². The minimum atomic E-state index is -1.24. The molecule has 32 heavy (non-hydrogen) atoms. The summed E-state index contributed by atoms with van der Waals surface area (Å²) in [4.78, 5) is 55.1. The maximum atomic E-state index is 12.5. The zero-order valence-corrected chi connectivity index (χ0v) is 17.8.